The number of hydrogen-bond acceptors (Lipinski definition) is 6. The van der Waals surface area contributed by atoms with Crippen LogP contribution in [0.15, 0.2) is 96.5 Å². The van der Waals surface area contributed by atoms with Crippen LogP contribution in [0.25, 0.3) is 0 Å². The van der Waals surface area contributed by atoms with Gasteiger partial charge < -0.3 is 14.6 Å². The Morgan fingerprint density at radius 2 is 1.84 bits per heavy atom. The van der Waals surface area contributed by atoms with Crippen molar-refractivity contribution in [2.75, 3.05) is 13.2 Å². The number of rotatable bonds is 12. The number of aliphatic hydroxyl groups excluding tert-OH is 1. The fourth-order valence-electron chi connectivity index (χ4n) is 4.10. The van der Waals surface area contributed by atoms with E-state index in [1.807, 2.05) is 42.5 Å². The molecule has 37 heavy (non-hydrogen) atoms. The van der Waals surface area contributed by atoms with Crippen LogP contribution in [0.2, 0.25) is 0 Å². The van der Waals surface area contributed by atoms with Crippen molar-refractivity contribution in [2.45, 2.75) is 31.0 Å². The van der Waals surface area contributed by atoms with Gasteiger partial charge in [0.15, 0.2) is 11.6 Å². The number of benzene rings is 3. The first-order chi connectivity index (χ1) is 18.1. The van der Waals surface area contributed by atoms with Gasteiger partial charge in [0.1, 0.15) is 11.6 Å². The number of nitrogens with one attached hydrogen (secondary N) is 2. The van der Waals surface area contributed by atoms with E-state index in [4.69, 9.17) is 19.6 Å². The van der Waals surface area contributed by atoms with Crippen LogP contribution in [0, 0.1) is 5.82 Å². The van der Waals surface area contributed by atoms with Crippen molar-refractivity contribution in [1.29, 1.82) is 0 Å². The van der Waals surface area contributed by atoms with Gasteiger partial charge in [0, 0.05) is 31.6 Å². The highest BCUT2D eigenvalue weighted by Gasteiger charge is 2.52. The molecular weight excluding hydrogens is 473 g/mol. The molecule has 0 spiro atoms. The summed E-state index contributed by atoms with van der Waals surface area (Å²) in [5.74, 6) is 0.308. The van der Waals surface area contributed by atoms with E-state index in [2.05, 4.69) is 17.4 Å². The molecule has 1 heterocycles. The molecule has 0 aromatic heterocycles. The van der Waals surface area contributed by atoms with Gasteiger partial charge in [-0.25, -0.2) is 14.8 Å². The lowest BCUT2D eigenvalue weighted by molar-refractivity contribution is -0.129. The van der Waals surface area contributed by atoms with E-state index in [0.717, 1.165) is 11.1 Å². The predicted octanol–water partition coefficient (Wildman–Crippen LogP) is 4.24. The number of aliphatic imine (C=N–C) groups is 1. The Balaban J connectivity index is 1.59. The van der Waals surface area contributed by atoms with Crippen LogP contribution in [-0.4, -0.2) is 35.7 Å². The van der Waals surface area contributed by atoms with Gasteiger partial charge in [-0.2, -0.15) is 0 Å². The second kappa shape index (κ2) is 12.3. The number of ether oxygens (including phenoxy) is 2. The summed E-state index contributed by atoms with van der Waals surface area (Å²) < 4.78 is 25.2. The predicted molar refractivity (Wildman–Crippen MR) is 139 cm³/mol. The van der Waals surface area contributed by atoms with Crippen LogP contribution < -0.4 is 15.6 Å². The van der Waals surface area contributed by atoms with Gasteiger partial charge in [-0.1, -0.05) is 48.5 Å². The van der Waals surface area contributed by atoms with E-state index in [1.54, 1.807) is 30.3 Å². The number of aliphatic hydroxyl groups is 1. The standard InChI is InChI=1S/C29H30FN3O4/c1-2-17-29(28(35)33-31-20-21-9-13-24(30)14-10-21)26(22-7-4-3-5-8-22)37-27(32-29)23-11-15-25(16-12-23)36-19-6-18-34/h2-5,7-16,26,31,34H,1,6,17-20H2,(H,33,35)/t26-,29-/m0/s1. The number of halogens is 1. The number of hydrazine groups is 1. The molecule has 0 radical (unpaired) electrons. The van der Waals surface area contributed by atoms with Crippen molar-refractivity contribution in [3.63, 3.8) is 0 Å². The van der Waals surface area contributed by atoms with Gasteiger partial charge in [-0.3, -0.25) is 10.2 Å². The van der Waals surface area contributed by atoms with Crippen LogP contribution >= 0.6 is 0 Å². The minimum absolute atomic E-state index is 0.0653. The highest BCUT2D eigenvalue weighted by atomic mass is 19.1. The van der Waals surface area contributed by atoms with Crippen LogP contribution in [0.3, 0.4) is 0 Å². The number of amides is 1. The van der Waals surface area contributed by atoms with E-state index in [1.165, 1.54) is 12.1 Å². The van der Waals surface area contributed by atoms with E-state index < -0.39 is 11.6 Å². The van der Waals surface area contributed by atoms with E-state index >= 15 is 0 Å². The third kappa shape index (κ3) is 6.22. The molecule has 8 heteroatoms. The molecule has 192 valence electrons. The molecule has 0 saturated carbocycles. The number of carbonyl (C=O) groups is 1. The van der Waals surface area contributed by atoms with Crippen molar-refractivity contribution in [3.8, 4) is 5.75 Å². The number of carbonyl (C=O) groups excluding carboxylic acids is 1. The summed E-state index contributed by atoms with van der Waals surface area (Å²) in [5.41, 5.74) is 6.71. The van der Waals surface area contributed by atoms with Crippen molar-refractivity contribution >= 4 is 11.8 Å². The molecular formula is C29H30FN3O4. The van der Waals surface area contributed by atoms with Gasteiger partial charge in [-0.15, -0.1) is 6.58 Å². The molecule has 4 rings (SSSR count). The third-order valence-corrected chi connectivity index (χ3v) is 6.00. The van der Waals surface area contributed by atoms with Gasteiger partial charge in [0.25, 0.3) is 5.91 Å². The molecule has 3 N–H and O–H groups in total. The molecule has 0 fully saturated rings. The fourth-order valence-corrected chi connectivity index (χ4v) is 4.10. The lowest BCUT2D eigenvalue weighted by Crippen LogP contribution is -2.52. The summed E-state index contributed by atoms with van der Waals surface area (Å²) in [6, 6.07) is 22.7. The summed E-state index contributed by atoms with van der Waals surface area (Å²) in [6.45, 7) is 4.65. The Bertz CT molecular complexity index is 1220. The maximum atomic E-state index is 13.7. The van der Waals surface area contributed by atoms with Crippen molar-refractivity contribution in [2.24, 2.45) is 4.99 Å². The third-order valence-electron chi connectivity index (χ3n) is 6.00. The minimum atomic E-state index is -1.30. The van der Waals surface area contributed by atoms with Gasteiger partial charge >= 0.3 is 0 Å². The number of nitrogens with zero attached hydrogens (tertiary/aromatic N) is 1. The van der Waals surface area contributed by atoms with E-state index in [9.17, 15) is 9.18 Å². The zero-order valence-electron chi connectivity index (χ0n) is 20.4. The Morgan fingerprint density at radius 3 is 2.51 bits per heavy atom. The molecule has 0 saturated heterocycles. The first kappa shape index (κ1) is 26.1. The molecule has 1 aliphatic rings. The minimum Gasteiger partial charge on any atom is -0.494 e. The summed E-state index contributed by atoms with van der Waals surface area (Å²) in [7, 11) is 0. The van der Waals surface area contributed by atoms with Crippen LogP contribution in [0.5, 0.6) is 5.75 Å². The highest BCUT2D eigenvalue weighted by Crippen LogP contribution is 2.42. The summed E-state index contributed by atoms with van der Waals surface area (Å²) >= 11 is 0. The average molecular weight is 504 g/mol. The van der Waals surface area contributed by atoms with Crippen LogP contribution in [0.1, 0.15) is 35.6 Å². The molecule has 1 aliphatic heterocycles. The topological polar surface area (TPSA) is 92.2 Å². The molecule has 0 unspecified atom stereocenters. The molecule has 0 aliphatic carbocycles. The second-order valence-electron chi connectivity index (χ2n) is 8.63. The Kier molecular flexibility index (Phi) is 8.66. The number of hydrogen-bond donors (Lipinski definition) is 3. The van der Waals surface area contributed by atoms with Crippen LogP contribution in [0.4, 0.5) is 4.39 Å². The molecule has 1 amide bonds. The summed E-state index contributed by atoms with van der Waals surface area (Å²) in [4.78, 5) is 18.5. The maximum absolute atomic E-state index is 13.7. The summed E-state index contributed by atoms with van der Waals surface area (Å²) in [6.07, 6.45) is 1.76. The van der Waals surface area contributed by atoms with Gasteiger partial charge in [0.05, 0.1) is 6.61 Å². The summed E-state index contributed by atoms with van der Waals surface area (Å²) in [5, 5.41) is 8.94. The van der Waals surface area contributed by atoms with E-state index in [0.29, 0.717) is 36.8 Å². The molecule has 7 nitrogen and oxygen atoms in total. The SMILES string of the molecule is C=CC[C@]1(C(=O)NNCc2ccc(F)cc2)N=C(c2ccc(OCCCO)cc2)O[C@H]1c1ccccc1. The average Bonchev–Trinajstić information content (AvgIpc) is 3.32. The maximum Gasteiger partial charge on any atom is 0.266 e. The molecule has 2 atom stereocenters. The highest BCUT2D eigenvalue weighted by molar-refractivity contribution is 6.01. The Labute approximate surface area is 215 Å². The first-order valence-electron chi connectivity index (χ1n) is 12.1. The molecule has 3 aromatic rings. The largest absolute Gasteiger partial charge is 0.494 e. The monoisotopic (exact) mass is 503 g/mol. The zero-order valence-corrected chi connectivity index (χ0v) is 20.4. The van der Waals surface area contributed by atoms with Crippen molar-refractivity contribution in [3.05, 3.63) is 114 Å². The zero-order chi connectivity index (χ0) is 26.1. The first-order valence-corrected chi connectivity index (χ1v) is 12.1. The fraction of sp³-hybridized carbons (Fsp3) is 0.241. The molecule has 0 bridgehead atoms. The smallest absolute Gasteiger partial charge is 0.266 e. The lowest BCUT2D eigenvalue weighted by atomic mass is 9.84. The van der Waals surface area contributed by atoms with Crippen LogP contribution in [-0.2, 0) is 16.1 Å². The Morgan fingerprint density at radius 1 is 1.11 bits per heavy atom. The van der Waals surface area contributed by atoms with Crippen molar-refractivity contribution in [1.82, 2.24) is 10.9 Å². The molecule has 3 aromatic carbocycles. The van der Waals surface area contributed by atoms with Crippen molar-refractivity contribution < 1.29 is 23.8 Å². The van der Waals surface area contributed by atoms with Gasteiger partial charge in [0.2, 0.25) is 5.90 Å². The quantitative estimate of drug-likeness (QED) is 0.195. The normalized spacial score (nSPS) is 18.5. The lowest BCUT2D eigenvalue weighted by Gasteiger charge is -2.29. The van der Waals surface area contributed by atoms with Gasteiger partial charge in [-0.05, 0) is 47.5 Å². The second-order valence-corrected chi connectivity index (χ2v) is 8.63. The van der Waals surface area contributed by atoms with E-state index in [-0.39, 0.29) is 24.8 Å². The Hall–Kier alpha value is -4.01.